The quantitative estimate of drug-likeness (QED) is 0.465. The van der Waals surface area contributed by atoms with Gasteiger partial charge in [0.15, 0.2) is 0 Å². The van der Waals surface area contributed by atoms with Gasteiger partial charge in [0.1, 0.15) is 22.0 Å². The first kappa shape index (κ1) is 25.8. The van der Waals surface area contributed by atoms with Crippen molar-refractivity contribution in [3.63, 3.8) is 0 Å². The summed E-state index contributed by atoms with van der Waals surface area (Å²) in [6.45, 7) is 1.75. The molecule has 2 N–H and O–H groups in total. The van der Waals surface area contributed by atoms with Gasteiger partial charge in [-0.3, -0.25) is 9.36 Å². The molecular weight excluding hydrogens is 496 g/mol. The van der Waals surface area contributed by atoms with E-state index >= 15 is 0 Å². The highest BCUT2D eigenvalue weighted by Gasteiger charge is 2.39. The number of fused-ring (bicyclic) bond motifs is 1. The fourth-order valence-corrected chi connectivity index (χ4v) is 5.31. The number of ether oxygens (including phenoxy) is 4. The zero-order valence-electron chi connectivity index (χ0n) is 20.8. The molecule has 0 saturated carbocycles. The lowest BCUT2D eigenvalue weighted by molar-refractivity contribution is -0.138. The zero-order chi connectivity index (χ0) is 26.7. The van der Waals surface area contributed by atoms with Crippen molar-refractivity contribution in [1.29, 1.82) is 0 Å². The van der Waals surface area contributed by atoms with Crippen LogP contribution in [0.1, 0.15) is 24.0 Å². The number of esters is 2. The summed E-state index contributed by atoms with van der Waals surface area (Å²) in [6, 6.07) is 14.0. The van der Waals surface area contributed by atoms with Gasteiger partial charge in [-0.25, -0.2) is 9.59 Å². The standard InChI is InChI=1S/C27H26N2O7S/c1-5-36-27(32)21-20(16-8-12-18(34-3)13-9-16)22(26(31)35-4)25-29(23(21)28)24(30)19(37-25)14-15-6-10-17(33-2)11-7-15/h6-14,20H,5,28H2,1-4H3/t20-/m1/s1. The van der Waals surface area contributed by atoms with Gasteiger partial charge < -0.3 is 24.7 Å². The summed E-state index contributed by atoms with van der Waals surface area (Å²) in [4.78, 5) is 39.9. The zero-order valence-corrected chi connectivity index (χ0v) is 21.6. The predicted octanol–water partition coefficient (Wildman–Crippen LogP) is 1.57. The second-order valence-electron chi connectivity index (χ2n) is 7.96. The van der Waals surface area contributed by atoms with Crippen LogP contribution in [0.5, 0.6) is 11.5 Å². The molecule has 2 heterocycles. The van der Waals surface area contributed by atoms with Crippen LogP contribution in [-0.2, 0) is 19.1 Å². The summed E-state index contributed by atoms with van der Waals surface area (Å²) in [5, 5.41) is 0. The molecule has 192 valence electrons. The molecule has 1 atom stereocenters. The number of benzene rings is 2. The van der Waals surface area contributed by atoms with Crippen molar-refractivity contribution >= 4 is 40.7 Å². The van der Waals surface area contributed by atoms with Gasteiger partial charge in [-0.15, -0.1) is 11.3 Å². The van der Waals surface area contributed by atoms with Crippen LogP contribution in [-0.4, -0.2) is 44.4 Å². The maximum Gasteiger partial charge on any atom is 0.338 e. The molecule has 3 aromatic rings. The minimum atomic E-state index is -0.927. The van der Waals surface area contributed by atoms with Crippen molar-refractivity contribution in [1.82, 2.24) is 4.57 Å². The topological polar surface area (TPSA) is 119 Å². The first-order chi connectivity index (χ1) is 17.8. The van der Waals surface area contributed by atoms with E-state index in [1.165, 1.54) is 18.8 Å². The van der Waals surface area contributed by atoms with E-state index < -0.39 is 23.4 Å². The third kappa shape index (κ3) is 4.75. The molecule has 1 aromatic heterocycles. The minimum absolute atomic E-state index is 0.0178. The molecule has 1 aliphatic heterocycles. The lowest BCUT2D eigenvalue weighted by Crippen LogP contribution is -2.41. The van der Waals surface area contributed by atoms with Crippen LogP contribution < -0.4 is 30.0 Å². The molecule has 0 spiro atoms. The predicted molar refractivity (Wildman–Crippen MR) is 140 cm³/mol. The molecule has 4 rings (SSSR count). The van der Waals surface area contributed by atoms with Crippen molar-refractivity contribution < 1.29 is 28.5 Å². The lowest BCUT2D eigenvalue weighted by Gasteiger charge is -2.26. The number of carbonyl (C=O) groups excluding carboxylic acids is 2. The van der Waals surface area contributed by atoms with Crippen molar-refractivity contribution in [2.24, 2.45) is 5.73 Å². The van der Waals surface area contributed by atoms with Crippen molar-refractivity contribution in [3.8, 4) is 11.5 Å². The average molecular weight is 523 g/mol. The molecule has 0 amide bonds. The summed E-state index contributed by atoms with van der Waals surface area (Å²) in [5.41, 5.74) is 7.44. The molecule has 0 saturated heterocycles. The van der Waals surface area contributed by atoms with Crippen LogP contribution in [0.15, 0.2) is 58.9 Å². The van der Waals surface area contributed by atoms with Gasteiger partial charge in [0.05, 0.1) is 49.5 Å². The van der Waals surface area contributed by atoms with Crippen molar-refractivity contribution in [2.45, 2.75) is 12.8 Å². The summed E-state index contributed by atoms with van der Waals surface area (Å²) >= 11 is 1.09. The van der Waals surface area contributed by atoms with Crippen molar-refractivity contribution in [2.75, 3.05) is 27.9 Å². The number of thiazole rings is 1. The number of nitrogens with two attached hydrogens (primary N) is 1. The Hall–Kier alpha value is -4.31. The molecule has 0 aliphatic carbocycles. The highest BCUT2D eigenvalue weighted by atomic mass is 32.1. The Balaban J connectivity index is 2.06. The van der Waals surface area contributed by atoms with Crippen LogP contribution >= 0.6 is 11.3 Å². The lowest BCUT2D eigenvalue weighted by atomic mass is 9.83. The maximum absolute atomic E-state index is 13.5. The van der Waals surface area contributed by atoms with E-state index in [0.717, 1.165) is 16.9 Å². The van der Waals surface area contributed by atoms with Crippen LogP contribution in [0.3, 0.4) is 0 Å². The van der Waals surface area contributed by atoms with Gasteiger partial charge in [0.2, 0.25) is 0 Å². The summed E-state index contributed by atoms with van der Waals surface area (Å²) < 4.78 is 22.6. The Morgan fingerprint density at radius 3 is 2.08 bits per heavy atom. The van der Waals surface area contributed by atoms with Gasteiger partial charge in [-0.1, -0.05) is 24.3 Å². The Morgan fingerprint density at radius 2 is 1.54 bits per heavy atom. The van der Waals surface area contributed by atoms with Crippen LogP contribution in [0.2, 0.25) is 0 Å². The van der Waals surface area contributed by atoms with Gasteiger partial charge in [-0.05, 0) is 48.4 Å². The van der Waals surface area contributed by atoms with Gasteiger partial charge in [0.25, 0.3) is 5.56 Å². The highest BCUT2D eigenvalue weighted by Crippen LogP contribution is 2.38. The Kier molecular flexibility index (Phi) is 7.49. The van der Waals surface area contributed by atoms with E-state index in [4.69, 9.17) is 24.7 Å². The molecule has 2 aromatic carbocycles. The molecule has 0 radical (unpaired) electrons. The van der Waals surface area contributed by atoms with Crippen LogP contribution in [0.25, 0.3) is 17.5 Å². The number of hydrogen-bond acceptors (Lipinski definition) is 9. The Bertz CT molecular complexity index is 1550. The summed E-state index contributed by atoms with van der Waals surface area (Å²) in [7, 11) is 4.35. The molecular formula is C27H26N2O7S. The maximum atomic E-state index is 13.5. The van der Waals surface area contributed by atoms with Crippen LogP contribution in [0, 0.1) is 0 Å². The Morgan fingerprint density at radius 1 is 0.946 bits per heavy atom. The second kappa shape index (κ2) is 10.8. The van der Waals surface area contributed by atoms with E-state index in [0.29, 0.717) is 21.6 Å². The van der Waals surface area contributed by atoms with Gasteiger partial charge in [-0.2, -0.15) is 0 Å². The molecule has 0 fully saturated rings. The first-order valence-electron chi connectivity index (χ1n) is 11.4. The Labute approximate surface area is 216 Å². The number of nitrogens with zero attached hydrogens (tertiary/aromatic N) is 1. The monoisotopic (exact) mass is 522 g/mol. The van der Waals surface area contributed by atoms with Crippen molar-refractivity contribution in [3.05, 3.63) is 84.8 Å². The van der Waals surface area contributed by atoms with E-state index in [-0.39, 0.29) is 28.2 Å². The van der Waals surface area contributed by atoms with Crippen LogP contribution in [0.4, 0.5) is 0 Å². The number of methoxy groups -OCH3 is 3. The number of hydrogen-bond donors (Lipinski definition) is 1. The summed E-state index contributed by atoms with van der Waals surface area (Å²) in [5.74, 6) is -1.18. The highest BCUT2D eigenvalue weighted by molar-refractivity contribution is 7.07. The van der Waals surface area contributed by atoms with Gasteiger partial charge >= 0.3 is 11.9 Å². The average Bonchev–Trinajstić information content (AvgIpc) is 3.24. The van der Waals surface area contributed by atoms with E-state index in [1.54, 1.807) is 68.6 Å². The molecule has 10 heteroatoms. The van der Waals surface area contributed by atoms with E-state index in [1.807, 2.05) is 0 Å². The fourth-order valence-electron chi connectivity index (χ4n) is 4.15. The molecule has 0 unspecified atom stereocenters. The number of carbonyl (C=O) groups is 2. The number of rotatable bonds is 7. The molecule has 37 heavy (non-hydrogen) atoms. The van der Waals surface area contributed by atoms with E-state index in [9.17, 15) is 14.4 Å². The van der Waals surface area contributed by atoms with E-state index in [2.05, 4.69) is 0 Å². The molecule has 0 bridgehead atoms. The first-order valence-corrected chi connectivity index (χ1v) is 12.2. The fraction of sp³-hybridized carbons (Fsp3) is 0.222. The second-order valence-corrected chi connectivity index (χ2v) is 8.99. The molecule has 1 aliphatic rings. The minimum Gasteiger partial charge on any atom is -0.497 e. The smallest absolute Gasteiger partial charge is 0.338 e. The molecule has 9 nitrogen and oxygen atoms in total. The third-order valence-electron chi connectivity index (χ3n) is 5.91. The van der Waals surface area contributed by atoms with Gasteiger partial charge in [0, 0.05) is 0 Å². The third-order valence-corrected chi connectivity index (χ3v) is 7.02. The SMILES string of the molecule is CCOC(=O)C1=C(N)n2c(sc(=Cc3ccc(OC)cc3)c2=O)=C(C(=O)OC)[C@@H]1c1ccc(OC)cc1. The summed E-state index contributed by atoms with van der Waals surface area (Å²) in [6.07, 6.45) is 1.69. The normalized spacial score (nSPS) is 15.3. The number of aromatic nitrogens is 1. The largest absolute Gasteiger partial charge is 0.497 e.